The van der Waals surface area contributed by atoms with E-state index in [0.717, 1.165) is 16.9 Å². The summed E-state index contributed by atoms with van der Waals surface area (Å²) >= 11 is 12.7. The van der Waals surface area contributed by atoms with E-state index in [0.29, 0.717) is 60.1 Å². The Morgan fingerprint density at radius 2 is 1.76 bits per heavy atom. The lowest BCUT2D eigenvalue weighted by molar-refractivity contribution is -0.123. The molecule has 0 saturated carbocycles. The molecule has 2 aromatic carbocycles. The van der Waals surface area contributed by atoms with Crippen LogP contribution in [0.15, 0.2) is 53.7 Å². The zero-order valence-electron chi connectivity index (χ0n) is 21.6. The standard InChI is InChI=1S/C29H32Cl2N4O3/c1-29(2)14-22-26(24(36)15-29)27(18-7-8-19(30)20(31)13-18)35(23-6-4-3-5-21(23)33-22)25(37)16-34-11-9-17(10-12-34)28(32)38/h3-8,13,17,27,33H,9-12,14-16H2,1-2H3,(H2,32,38)/t27-/m1/s1. The maximum atomic E-state index is 14.2. The second kappa shape index (κ2) is 10.4. The third-order valence-corrected chi connectivity index (χ3v) is 8.52. The first-order valence-electron chi connectivity index (χ1n) is 12.9. The largest absolute Gasteiger partial charge is 0.369 e. The Morgan fingerprint density at radius 3 is 2.45 bits per heavy atom. The maximum absolute atomic E-state index is 14.2. The SMILES string of the molecule is CC1(C)CC(=O)C2=C(C1)Nc1ccccc1N(C(=O)CN1CCC(C(N)=O)CC1)[C@@H]2c1ccc(Cl)c(Cl)c1. The smallest absolute Gasteiger partial charge is 0.242 e. The van der Waals surface area contributed by atoms with E-state index in [1.54, 1.807) is 17.0 Å². The van der Waals surface area contributed by atoms with E-state index in [-0.39, 0.29) is 35.5 Å². The van der Waals surface area contributed by atoms with E-state index in [1.165, 1.54) is 0 Å². The molecule has 9 heteroatoms. The van der Waals surface area contributed by atoms with Gasteiger partial charge in [0, 0.05) is 23.6 Å². The van der Waals surface area contributed by atoms with Crippen molar-refractivity contribution in [3.63, 3.8) is 0 Å². The number of rotatable bonds is 4. The number of Topliss-reactive ketones (excluding diaryl/α,β-unsaturated/α-hetero) is 1. The van der Waals surface area contributed by atoms with Crippen LogP contribution in [0.5, 0.6) is 0 Å². The molecule has 0 radical (unpaired) electrons. The average molecular weight is 556 g/mol. The molecule has 7 nitrogen and oxygen atoms in total. The van der Waals surface area contributed by atoms with E-state index in [9.17, 15) is 14.4 Å². The first-order valence-corrected chi connectivity index (χ1v) is 13.7. The summed E-state index contributed by atoms with van der Waals surface area (Å²) in [4.78, 5) is 43.4. The predicted octanol–water partition coefficient (Wildman–Crippen LogP) is 5.33. The minimum atomic E-state index is -0.671. The molecule has 3 N–H and O–H groups in total. The Balaban J connectivity index is 1.61. The van der Waals surface area contributed by atoms with E-state index in [2.05, 4.69) is 24.1 Å². The lowest BCUT2D eigenvalue weighted by Crippen LogP contribution is -2.47. The number of hydrogen-bond donors (Lipinski definition) is 2. The molecule has 1 atom stereocenters. The summed E-state index contributed by atoms with van der Waals surface area (Å²) in [7, 11) is 0. The van der Waals surface area contributed by atoms with Gasteiger partial charge in [-0.3, -0.25) is 24.2 Å². The molecule has 0 bridgehead atoms. The van der Waals surface area contributed by atoms with Crippen molar-refractivity contribution in [1.29, 1.82) is 0 Å². The Morgan fingerprint density at radius 1 is 1.05 bits per heavy atom. The molecule has 5 rings (SSSR count). The van der Waals surface area contributed by atoms with E-state index >= 15 is 0 Å². The molecule has 3 aliphatic rings. The number of nitrogens with zero attached hydrogens (tertiary/aromatic N) is 2. The maximum Gasteiger partial charge on any atom is 0.242 e. The number of hydrogen-bond acceptors (Lipinski definition) is 5. The number of anilines is 2. The van der Waals surface area contributed by atoms with Gasteiger partial charge < -0.3 is 11.1 Å². The summed E-state index contributed by atoms with van der Waals surface area (Å²) in [5.74, 6) is -0.585. The monoisotopic (exact) mass is 554 g/mol. The topological polar surface area (TPSA) is 95.7 Å². The van der Waals surface area contributed by atoms with Gasteiger partial charge in [0.1, 0.15) is 0 Å². The number of nitrogens with two attached hydrogens (primary N) is 1. The number of primary amides is 1. The second-order valence-corrected chi connectivity index (χ2v) is 12.1. The first kappa shape index (κ1) is 26.7. The summed E-state index contributed by atoms with van der Waals surface area (Å²) in [6, 6.07) is 12.3. The Hall–Kier alpha value is -2.87. The number of likely N-dealkylation sites (tertiary alicyclic amines) is 1. The van der Waals surface area contributed by atoms with Crippen molar-refractivity contribution in [2.45, 2.75) is 45.6 Å². The fourth-order valence-electron chi connectivity index (χ4n) is 5.90. The normalized spacial score (nSPS) is 21.8. The number of allylic oxidation sites excluding steroid dienone is 1. The van der Waals surface area contributed by atoms with Crippen LogP contribution in [0.3, 0.4) is 0 Å². The third kappa shape index (κ3) is 5.20. The number of carbonyl (C=O) groups excluding carboxylic acids is 3. The van der Waals surface area contributed by atoms with Crippen LogP contribution >= 0.6 is 23.2 Å². The van der Waals surface area contributed by atoms with Crippen molar-refractivity contribution in [3.05, 3.63) is 69.3 Å². The average Bonchev–Trinajstić information content (AvgIpc) is 2.99. The second-order valence-electron chi connectivity index (χ2n) is 11.3. The highest BCUT2D eigenvalue weighted by Gasteiger charge is 2.43. The Bertz CT molecular complexity index is 1330. The highest BCUT2D eigenvalue weighted by atomic mass is 35.5. The minimum absolute atomic E-state index is 0.00713. The highest BCUT2D eigenvalue weighted by molar-refractivity contribution is 6.42. The van der Waals surface area contributed by atoms with Crippen molar-refractivity contribution in [2.75, 3.05) is 29.9 Å². The number of benzene rings is 2. The zero-order valence-corrected chi connectivity index (χ0v) is 23.1. The van der Waals surface area contributed by atoms with Gasteiger partial charge in [0.2, 0.25) is 11.8 Å². The van der Waals surface area contributed by atoms with Crippen molar-refractivity contribution >= 4 is 52.2 Å². The van der Waals surface area contributed by atoms with Gasteiger partial charge in [-0.25, -0.2) is 0 Å². The van der Waals surface area contributed by atoms with Gasteiger partial charge in [-0.1, -0.05) is 55.2 Å². The number of halogens is 2. The minimum Gasteiger partial charge on any atom is -0.369 e. The Kier molecular flexibility index (Phi) is 7.29. The number of amides is 2. The van der Waals surface area contributed by atoms with Crippen LogP contribution in [0, 0.1) is 11.3 Å². The van der Waals surface area contributed by atoms with Gasteiger partial charge in [0.15, 0.2) is 5.78 Å². The van der Waals surface area contributed by atoms with Gasteiger partial charge in [-0.2, -0.15) is 0 Å². The van der Waals surface area contributed by atoms with Crippen molar-refractivity contribution in [3.8, 4) is 0 Å². The summed E-state index contributed by atoms with van der Waals surface area (Å²) in [5.41, 5.74) is 8.88. The molecule has 0 spiro atoms. The fraction of sp³-hybridized carbons (Fsp3) is 0.414. The van der Waals surface area contributed by atoms with Gasteiger partial charge in [-0.15, -0.1) is 0 Å². The van der Waals surface area contributed by atoms with Crippen molar-refractivity contribution < 1.29 is 14.4 Å². The summed E-state index contributed by atoms with van der Waals surface area (Å²) in [6.07, 6.45) is 2.30. The van der Waals surface area contributed by atoms with Crippen LogP contribution in [-0.2, 0) is 14.4 Å². The molecule has 1 fully saturated rings. The lowest BCUT2D eigenvalue weighted by atomic mass is 9.73. The van der Waals surface area contributed by atoms with E-state index in [1.807, 2.05) is 30.3 Å². The van der Waals surface area contributed by atoms with Crippen LogP contribution in [0.25, 0.3) is 0 Å². The fourth-order valence-corrected chi connectivity index (χ4v) is 6.21. The van der Waals surface area contributed by atoms with E-state index in [4.69, 9.17) is 28.9 Å². The molecule has 1 saturated heterocycles. The molecule has 2 heterocycles. The molecule has 200 valence electrons. The number of carbonyl (C=O) groups is 3. The highest BCUT2D eigenvalue weighted by Crippen LogP contribution is 2.48. The number of nitrogens with one attached hydrogen (secondary N) is 1. The van der Waals surface area contributed by atoms with Gasteiger partial charge in [0.25, 0.3) is 0 Å². The Labute approximate surface area is 232 Å². The zero-order chi connectivity index (χ0) is 27.2. The molecule has 2 amide bonds. The van der Waals surface area contributed by atoms with Crippen LogP contribution in [0.2, 0.25) is 10.0 Å². The quantitative estimate of drug-likeness (QED) is 0.532. The molecule has 2 aliphatic heterocycles. The number of ketones is 1. The van der Waals surface area contributed by atoms with Gasteiger partial charge >= 0.3 is 0 Å². The predicted molar refractivity (Wildman–Crippen MR) is 150 cm³/mol. The molecular weight excluding hydrogens is 523 g/mol. The molecule has 2 aromatic rings. The third-order valence-electron chi connectivity index (χ3n) is 7.78. The lowest BCUT2D eigenvalue weighted by Gasteiger charge is -2.38. The molecule has 0 unspecified atom stereocenters. The molecule has 0 aromatic heterocycles. The summed E-state index contributed by atoms with van der Waals surface area (Å²) < 4.78 is 0. The van der Waals surface area contributed by atoms with Crippen LogP contribution in [-0.4, -0.2) is 42.1 Å². The molecule has 38 heavy (non-hydrogen) atoms. The summed E-state index contributed by atoms with van der Waals surface area (Å²) in [5, 5.41) is 4.29. The van der Waals surface area contributed by atoms with E-state index < -0.39 is 6.04 Å². The van der Waals surface area contributed by atoms with Crippen LogP contribution in [0.4, 0.5) is 11.4 Å². The number of para-hydroxylation sites is 2. The van der Waals surface area contributed by atoms with Crippen LogP contribution < -0.4 is 16.0 Å². The van der Waals surface area contributed by atoms with Crippen LogP contribution in [0.1, 0.15) is 51.1 Å². The number of fused-ring (bicyclic) bond motifs is 1. The molecular formula is C29H32Cl2N4O3. The molecule has 1 aliphatic carbocycles. The van der Waals surface area contributed by atoms with Crippen molar-refractivity contribution in [1.82, 2.24) is 4.90 Å². The number of piperidine rings is 1. The first-order chi connectivity index (χ1) is 18.0. The van der Waals surface area contributed by atoms with Crippen molar-refractivity contribution in [2.24, 2.45) is 17.1 Å². The van der Waals surface area contributed by atoms with Gasteiger partial charge in [0.05, 0.1) is 34.0 Å². The van der Waals surface area contributed by atoms with Gasteiger partial charge in [-0.05, 0) is 67.6 Å². The summed E-state index contributed by atoms with van der Waals surface area (Å²) in [6.45, 7) is 5.52.